The smallest absolute Gasteiger partial charge is 0.208 e. The van der Waals surface area contributed by atoms with Crippen molar-refractivity contribution in [3.05, 3.63) is 0 Å². The summed E-state index contributed by atoms with van der Waals surface area (Å²) in [7, 11) is -1.33. The number of aliphatic imine (C=N–C) groups is 1. The lowest BCUT2D eigenvalue weighted by Gasteiger charge is -2.11. The van der Waals surface area contributed by atoms with Crippen LogP contribution in [-0.2, 0) is 10.0 Å². The first-order valence-corrected chi connectivity index (χ1v) is 7.79. The predicted octanol–water partition coefficient (Wildman–Crippen LogP) is -0.499. The van der Waals surface area contributed by atoms with Crippen LogP contribution < -0.4 is 15.4 Å². The molecule has 1 fully saturated rings. The van der Waals surface area contributed by atoms with Gasteiger partial charge in [0.15, 0.2) is 5.96 Å². The van der Waals surface area contributed by atoms with E-state index in [2.05, 4.69) is 20.3 Å². The molecule has 0 spiro atoms. The van der Waals surface area contributed by atoms with Gasteiger partial charge in [0.1, 0.15) is 0 Å². The molecule has 1 saturated carbocycles. The summed E-state index contributed by atoms with van der Waals surface area (Å²) in [6.45, 7) is 2.12. The van der Waals surface area contributed by atoms with E-state index in [0.717, 1.165) is 31.1 Å². The Labute approximate surface area is 103 Å². The van der Waals surface area contributed by atoms with Gasteiger partial charge in [-0.2, -0.15) is 0 Å². The molecule has 0 unspecified atom stereocenters. The van der Waals surface area contributed by atoms with Gasteiger partial charge in [0.05, 0.1) is 6.26 Å². The molecular weight excluding hydrogens is 240 g/mol. The van der Waals surface area contributed by atoms with Crippen LogP contribution in [0.5, 0.6) is 0 Å². The standard InChI is InChI=1S/C10H22N4O2S/c1-11-10(13-8-9-4-5-9)12-6-3-7-14-17(2,15)16/h9,14H,3-8H2,1-2H3,(H2,11,12,13). The van der Waals surface area contributed by atoms with Crippen molar-refractivity contribution in [3.63, 3.8) is 0 Å². The number of nitrogens with one attached hydrogen (secondary N) is 3. The Hall–Kier alpha value is -0.820. The number of rotatable bonds is 7. The molecule has 0 saturated heterocycles. The molecule has 1 rings (SSSR count). The third-order valence-electron chi connectivity index (χ3n) is 2.49. The lowest BCUT2D eigenvalue weighted by molar-refractivity contribution is 0.584. The van der Waals surface area contributed by atoms with Gasteiger partial charge >= 0.3 is 0 Å². The Morgan fingerprint density at radius 3 is 2.53 bits per heavy atom. The number of guanidine groups is 1. The van der Waals surface area contributed by atoms with Crippen LogP contribution >= 0.6 is 0 Å². The summed E-state index contributed by atoms with van der Waals surface area (Å²) in [5.41, 5.74) is 0. The van der Waals surface area contributed by atoms with Crippen LogP contribution in [0, 0.1) is 5.92 Å². The Morgan fingerprint density at radius 1 is 1.29 bits per heavy atom. The minimum absolute atomic E-state index is 0.450. The van der Waals surface area contributed by atoms with Gasteiger partial charge in [-0.05, 0) is 25.2 Å². The molecule has 1 aliphatic rings. The molecule has 6 nitrogen and oxygen atoms in total. The first kappa shape index (κ1) is 14.2. The molecule has 7 heteroatoms. The first-order chi connectivity index (χ1) is 8.01. The van der Waals surface area contributed by atoms with E-state index in [0.29, 0.717) is 13.1 Å². The summed E-state index contributed by atoms with van der Waals surface area (Å²) in [5.74, 6) is 1.59. The fourth-order valence-electron chi connectivity index (χ4n) is 1.34. The summed E-state index contributed by atoms with van der Waals surface area (Å²) in [5, 5.41) is 6.38. The highest BCUT2D eigenvalue weighted by Gasteiger charge is 2.20. The fourth-order valence-corrected chi connectivity index (χ4v) is 1.85. The molecule has 17 heavy (non-hydrogen) atoms. The van der Waals surface area contributed by atoms with Crippen molar-refractivity contribution in [3.8, 4) is 0 Å². The fraction of sp³-hybridized carbons (Fsp3) is 0.900. The Morgan fingerprint density at radius 2 is 2.00 bits per heavy atom. The first-order valence-electron chi connectivity index (χ1n) is 5.90. The highest BCUT2D eigenvalue weighted by molar-refractivity contribution is 7.88. The average molecular weight is 262 g/mol. The van der Waals surface area contributed by atoms with Crippen molar-refractivity contribution in [2.75, 3.05) is 32.9 Å². The molecule has 0 radical (unpaired) electrons. The molecule has 0 aliphatic heterocycles. The maximum atomic E-state index is 10.8. The second-order valence-electron chi connectivity index (χ2n) is 4.34. The van der Waals surface area contributed by atoms with Gasteiger partial charge < -0.3 is 10.6 Å². The van der Waals surface area contributed by atoms with E-state index in [-0.39, 0.29) is 0 Å². The summed E-state index contributed by atoms with van der Waals surface area (Å²) in [6, 6.07) is 0. The van der Waals surface area contributed by atoms with Gasteiger partial charge in [-0.3, -0.25) is 4.99 Å². The number of hydrogen-bond acceptors (Lipinski definition) is 3. The van der Waals surface area contributed by atoms with Gasteiger partial charge in [0, 0.05) is 26.7 Å². The molecule has 0 aromatic carbocycles. The average Bonchev–Trinajstić information content (AvgIpc) is 3.04. The van der Waals surface area contributed by atoms with Crippen molar-refractivity contribution in [2.45, 2.75) is 19.3 Å². The van der Waals surface area contributed by atoms with Crippen LogP contribution in [0.3, 0.4) is 0 Å². The predicted molar refractivity (Wildman–Crippen MR) is 69.6 cm³/mol. The lowest BCUT2D eigenvalue weighted by atomic mass is 10.4. The molecule has 1 aliphatic carbocycles. The Bertz CT molecular complexity index is 349. The summed E-state index contributed by atoms with van der Waals surface area (Å²) in [4.78, 5) is 4.09. The highest BCUT2D eigenvalue weighted by Crippen LogP contribution is 2.27. The topological polar surface area (TPSA) is 82.6 Å². The second kappa shape index (κ2) is 6.80. The zero-order chi connectivity index (χ0) is 12.7. The number of hydrogen-bond donors (Lipinski definition) is 3. The van der Waals surface area contributed by atoms with E-state index in [1.807, 2.05) is 0 Å². The van der Waals surface area contributed by atoms with Crippen LogP contribution in [0.15, 0.2) is 4.99 Å². The van der Waals surface area contributed by atoms with Crippen molar-refractivity contribution in [1.29, 1.82) is 0 Å². The van der Waals surface area contributed by atoms with E-state index in [1.165, 1.54) is 12.8 Å². The minimum Gasteiger partial charge on any atom is -0.356 e. The summed E-state index contributed by atoms with van der Waals surface area (Å²) in [6.07, 6.45) is 4.51. The molecule has 0 aromatic heterocycles. The SMILES string of the molecule is CN=C(NCCCNS(C)(=O)=O)NCC1CC1. The van der Waals surface area contributed by atoms with E-state index >= 15 is 0 Å². The maximum absolute atomic E-state index is 10.8. The molecule has 3 N–H and O–H groups in total. The zero-order valence-corrected chi connectivity index (χ0v) is 11.3. The van der Waals surface area contributed by atoms with E-state index in [9.17, 15) is 8.42 Å². The lowest BCUT2D eigenvalue weighted by Crippen LogP contribution is -2.39. The summed E-state index contributed by atoms with van der Waals surface area (Å²) < 4.78 is 24.0. The van der Waals surface area contributed by atoms with Crippen LogP contribution in [0.25, 0.3) is 0 Å². The van der Waals surface area contributed by atoms with Crippen LogP contribution in [0.1, 0.15) is 19.3 Å². The normalized spacial score (nSPS) is 16.9. The van der Waals surface area contributed by atoms with Crippen LogP contribution in [-0.4, -0.2) is 47.3 Å². The molecule has 100 valence electrons. The van der Waals surface area contributed by atoms with E-state index < -0.39 is 10.0 Å². The molecule has 0 amide bonds. The Balaban J connectivity index is 2.02. The minimum atomic E-state index is -3.07. The van der Waals surface area contributed by atoms with Gasteiger partial charge in [0.25, 0.3) is 0 Å². The van der Waals surface area contributed by atoms with E-state index in [1.54, 1.807) is 7.05 Å². The van der Waals surface area contributed by atoms with Crippen LogP contribution in [0.4, 0.5) is 0 Å². The van der Waals surface area contributed by atoms with Gasteiger partial charge in [0.2, 0.25) is 10.0 Å². The third-order valence-corrected chi connectivity index (χ3v) is 3.22. The van der Waals surface area contributed by atoms with Crippen molar-refractivity contribution < 1.29 is 8.42 Å². The van der Waals surface area contributed by atoms with E-state index in [4.69, 9.17) is 0 Å². The largest absolute Gasteiger partial charge is 0.356 e. The summed E-state index contributed by atoms with van der Waals surface area (Å²) >= 11 is 0. The molecule has 0 atom stereocenters. The monoisotopic (exact) mass is 262 g/mol. The van der Waals surface area contributed by atoms with Crippen LogP contribution in [0.2, 0.25) is 0 Å². The van der Waals surface area contributed by atoms with Crippen molar-refractivity contribution >= 4 is 16.0 Å². The quantitative estimate of drug-likeness (QED) is 0.328. The maximum Gasteiger partial charge on any atom is 0.208 e. The second-order valence-corrected chi connectivity index (χ2v) is 6.18. The molecular formula is C10H22N4O2S. The molecule has 0 bridgehead atoms. The van der Waals surface area contributed by atoms with Gasteiger partial charge in [-0.25, -0.2) is 13.1 Å². The highest BCUT2D eigenvalue weighted by atomic mass is 32.2. The van der Waals surface area contributed by atoms with Crippen molar-refractivity contribution in [2.24, 2.45) is 10.9 Å². The van der Waals surface area contributed by atoms with Crippen molar-refractivity contribution in [1.82, 2.24) is 15.4 Å². The molecule has 0 heterocycles. The Kier molecular flexibility index (Phi) is 5.70. The van der Waals surface area contributed by atoms with Gasteiger partial charge in [-0.1, -0.05) is 0 Å². The third kappa shape index (κ3) is 7.98. The zero-order valence-electron chi connectivity index (χ0n) is 10.5. The number of sulfonamides is 1. The molecule has 0 aromatic rings. The van der Waals surface area contributed by atoms with Gasteiger partial charge in [-0.15, -0.1) is 0 Å². The number of nitrogens with zero attached hydrogens (tertiary/aromatic N) is 1.